The van der Waals surface area contributed by atoms with Crippen molar-refractivity contribution < 1.29 is 23.8 Å². The molecule has 0 aromatic carbocycles. The fourth-order valence-corrected chi connectivity index (χ4v) is 1.03. The van der Waals surface area contributed by atoms with Gasteiger partial charge in [-0.25, -0.2) is 0 Å². The zero-order chi connectivity index (χ0) is 14.2. The molecule has 0 amide bonds. The van der Waals surface area contributed by atoms with Crippen LogP contribution < -0.4 is 0 Å². The Labute approximate surface area is 132 Å². The first-order valence-electron chi connectivity index (χ1n) is 5.65. The van der Waals surface area contributed by atoms with Crippen molar-refractivity contribution in [1.29, 1.82) is 0 Å². The quantitative estimate of drug-likeness (QED) is 0.217. The Hall–Kier alpha value is 0.360. The van der Waals surface area contributed by atoms with E-state index >= 15 is 0 Å². The van der Waals surface area contributed by atoms with E-state index in [2.05, 4.69) is 42.0 Å². The summed E-state index contributed by atoms with van der Waals surface area (Å²) in [4.78, 5) is 21.8. The minimum absolute atomic E-state index is 0.274. The number of halogens is 2. The Balaban J connectivity index is 0. The van der Waals surface area contributed by atoms with Gasteiger partial charge < -0.3 is 14.2 Å². The molecular weight excluding hydrogens is 466 g/mol. The summed E-state index contributed by atoms with van der Waals surface area (Å²) in [5.41, 5.74) is 0. The molecule has 0 bridgehead atoms. The third-order valence-electron chi connectivity index (χ3n) is 1.96. The summed E-state index contributed by atoms with van der Waals surface area (Å²) in [6.45, 7) is 2.12. The van der Waals surface area contributed by atoms with Crippen LogP contribution in [0.5, 0.6) is 0 Å². The summed E-state index contributed by atoms with van der Waals surface area (Å²) in [5, 5.41) is 0. The molecule has 0 unspecified atom stereocenters. The van der Waals surface area contributed by atoms with Gasteiger partial charge in [-0.05, 0) is 12.8 Å². The number of hydrogen-bond donors (Lipinski definition) is 0. The number of carbonyl (C=O) groups is 2. The smallest absolute Gasteiger partial charge is 0.308 e. The van der Waals surface area contributed by atoms with Crippen molar-refractivity contribution in [1.82, 2.24) is 0 Å². The number of rotatable bonds is 9. The van der Waals surface area contributed by atoms with Crippen LogP contribution in [-0.4, -0.2) is 32.4 Å². The summed E-state index contributed by atoms with van der Waals surface area (Å²) >= 11 is 4.24. The van der Waals surface area contributed by atoms with Crippen LogP contribution in [0.1, 0.15) is 39.0 Å². The zero-order valence-corrected chi connectivity index (χ0v) is 15.1. The molecule has 108 valence electrons. The Bertz CT molecular complexity index is 212. The molecule has 0 saturated heterocycles. The molecule has 5 nitrogen and oxygen atoms in total. The minimum atomic E-state index is -0.368. The molecule has 0 fully saturated rings. The molecule has 0 aliphatic heterocycles. The predicted molar refractivity (Wildman–Crippen MR) is 85.7 cm³/mol. The van der Waals surface area contributed by atoms with Gasteiger partial charge in [0.05, 0.1) is 0 Å². The molecule has 0 aliphatic carbocycles. The van der Waals surface area contributed by atoms with Crippen LogP contribution in [0.25, 0.3) is 0 Å². The maximum Gasteiger partial charge on any atom is 0.308 e. The van der Waals surface area contributed by atoms with E-state index < -0.39 is 0 Å². The zero-order valence-electron chi connectivity index (χ0n) is 10.7. The molecular formula is C11H20I2O5. The molecule has 0 saturated carbocycles. The van der Waals surface area contributed by atoms with Crippen molar-refractivity contribution in [2.24, 2.45) is 0 Å². The van der Waals surface area contributed by atoms with Gasteiger partial charge in [-0.2, -0.15) is 0 Å². The summed E-state index contributed by atoms with van der Waals surface area (Å²) < 4.78 is 14.2. The van der Waals surface area contributed by atoms with Gasteiger partial charge in [-0.1, -0.05) is 13.3 Å². The molecule has 0 aromatic rings. The number of carbonyl (C=O) groups excluding carboxylic acids is 2. The molecule has 0 aliphatic rings. The average Bonchev–Trinajstić information content (AvgIpc) is 2.40. The lowest BCUT2D eigenvalue weighted by Gasteiger charge is -2.05. The van der Waals surface area contributed by atoms with E-state index in [4.69, 9.17) is 9.47 Å². The van der Waals surface area contributed by atoms with E-state index in [9.17, 15) is 9.59 Å². The first kappa shape index (κ1) is 20.7. The number of ether oxygens (including phenoxy) is 3. The van der Waals surface area contributed by atoms with Crippen molar-refractivity contribution in [3.8, 4) is 0 Å². The second-order valence-electron chi connectivity index (χ2n) is 3.31. The molecule has 7 heteroatoms. The van der Waals surface area contributed by atoms with Crippen LogP contribution >= 0.6 is 37.2 Å². The van der Waals surface area contributed by atoms with Crippen molar-refractivity contribution in [2.45, 2.75) is 39.0 Å². The Morgan fingerprint density at radius 3 is 2.17 bits per heavy atom. The molecule has 0 rings (SSSR count). The predicted octanol–water partition coefficient (Wildman–Crippen LogP) is 3.42. The van der Waals surface area contributed by atoms with Crippen LogP contribution in [0.2, 0.25) is 0 Å². The van der Waals surface area contributed by atoms with Crippen molar-refractivity contribution in [2.75, 3.05) is 20.5 Å². The molecule has 0 aromatic heterocycles. The fraction of sp³-hybridized carbons (Fsp3) is 0.818. The first-order valence-corrected chi connectivity index (χ1v) is 11.9. The average molecular weight is 486 g/mol. The van der Waals surface area contributed by atoms with Gasteiger partial charge >= 0.3 is 11.9 Å². The molecule has 0 atom stereocenters. The second kappa shape index (κ2) is 17.4. The largest absolute Gasteiger partial charge is 0.428 e. The lowest BCUT2D eigenvalue weighted by molar-refractivity contribution is -0.167. The Morgan fingerprint density at radius 2 is 1.61 bits per heavy atom. The standard InChI is InChI=1S/C11H20O5.I2/c1-3-10(12)15-9-16-11(13)7-5-4-6-8-14-2;1-2/h3-9H2,1-2H3;. The molecule has 18 heavy (non-hydrogen) atoms. The normalized spacial score (nSPS) is 9.11. The lowest BCUT2D eigenvalue weighted by atomic mass is 10.2. The van der Waals surface area contributed by atoms with Gasteiger partial charge in [-0.3, -0.25) is 9.59 Å². The van der Waals surface area contributed by atoms with E-state index in [1.807, 2.05) is 0 Å². The summed E-state index contributed by atoms with van der Waals surface area (Å²) in [7, 11) is 1.65. The van der Waals surface area contributed by atoms with E-state index in [1.165, 1.54) is 0 Å². The van der Waals surface area contributed by atoms with Crippen molar-refractivity contribution in [3.63, 3.8) is 0 Å². The van der Waals surface area contributed by atoms with Crippen molar-refractivity contribution in [3.05, 3.63) is 0 Å². The highest BCUT2D eigenvalue weighted by Gasteiger charge is 2.04. The second-order valence-corrected chi connectivity index (χ2v) is 3.31. The van der Waals surface area contributed by atoms with Crippen LogP contribution in [0.15, 0.2) is 0 Å². The third-order valence-corrected chi connectivity index (χ3v) is 1.96. The van der Waals surface area contributed by atoms with Gasteiger partial charge in [0.25, 0.3) is 0 Å². The van der Waals surface area contributed by atoms with Gasteiger partial charge in [0.15, 0.2) is 0 Å². The van der Waals surface area contributed by atoms with E-state index in [0.29, 0.717) is 13.0 Å². The van der Waals surface area contributed by atoms with Gasteiger partial charge in [-0.15, -0.1) is 0 Å². The Morgan fingerprint density at radius 1 is 1.00 bits per heavy atom. The Kier molecular flexibility index (Phi) is 19.9. The molecule has 0 heterocycles. The molecule has 0 spiro atoms. The highest BCUT2D eigenvalue weighted by Crippen LogP contribution is 2.01. The maximum absolute atomic E-state index is 11.1. The van der Waals surface area contributed by atoms with Crippen LogP contribution in [-0.2, 0) is 23.8 Å². The molecule has 0 radical (unpaired) electrons. The number of esters is 2. The van der Waals surface area contributed by atoms with Gasteiger partial charge in [0.1, 0.15) is 0 Å². The van der Waals surface area contributed by atoms with Crippen LogP contribution in [0.3, 0.4) is 0 Å². The minimum Gasteiger partial charge on any atom is -0.428 e. The maximum atomic E-state index is 11.1. The number of methoxy groups -OCH3 is 1. The van der Waals surface area contributed by atoms with Crippen LogP contribution in [0, 0.1) is 0 Å². The highest BCUT2D eigenvalue weighted by atomic mass is 128. The third kappa shape index (κ3) is 16.4. The highest BCUT2D eigenvalue weighted by molar-refractivity contribution is 15.0. The van der Waals surface area contributed by atoms with E-state index in [0.717, 1.165) is 19.3 Å². The van der Waals surface area contributed by atoms with Crippen molar-refractivity contribution >= 4 is 49.2 Å². The topological polar surface area (TPSA) is 61.8 Å². The lowest BCUT2D eigenvalue weighted by Crippen LogP contribution is -2.11. The SMILES string of the molecule is CCC(=O)OCOC(=O)CCCCCOC.II. The monoisotopic (exact) mass is 486 g/mol. The van der Waals surface area contributed by atoms with Gasteiger partial charge in [0, 0.05) is 63.8 Å². The van der Waals surface area contributed by atoms with E-state index in [-0.39, 0.29) is 25.2 Å². The number of hydrogen-bond acceptors (Lipinski definition) is 5. The molecule has 0 N–H and O–H groups in total. The fourth-order valence-electron chi connectivity index (χ4n) is 1.03. The summed E-state index contributed by atoms with van der Waals surface area (Å²) in [6.07, 6.45) is 3.28. The van der Waals surface area contributed by atoms with Crippen LogP contribution in [0.4, 0.5) is 0 Å². The number of unbranched alkanes of at least 4 members (excludes halogenated alkanes) is 2. The first-order chi connectivity index (χ1) is 8.70. The van der Waals surface area contributed by atoms with E-state index in [1.54, 1.807) is 14.0 Å². The van der Waals surface area contributed by atoms with Gasteiger partial charge in [0.2, 0.25) is 6.79 Å². The summed E-state index contributed by atoms with van der Waals surface area (Å²) in [5.74, 6) is -0.700. The summed E-state index contributed by atoms with van der Waals surface area (Å²) in [6, 6.07) is 0.